The summed E-state index contributed by atoms with van der Waals surface area (Å²) < 4.78 is 0. The maximum atomic E-state index is 5.57. The molecule has 4 nitrogen and oxygen atoms in total. The summed E-state index contributed by atoms with van der Waals surface area (Å²) in [4.78, 5) is 2.17. The Morgan fingerprint density at radius 1 is 1.62 bits per heavy atom. The van der Waals surface area contributed by atoms with Gasteiger partial charge in [0.1, 0.15) is 0 Å². The zero-order valence-electron chi connectivity index (χ0n) is 8.54. The number of nitrogens with two attached hydrogens (primary N) is 1. The Kier molecular flexibility index (Phi) is 3.45. The molecule has 0 aromatic carbocycles. The van der Waals surface area contributed by atoms with Crippen LogP contribution in [0.1, 0.15) is 23.7 Å². The lowest BCUT2D eigenvalue weighted by Gasteiger charge is -2.23. The highest BCUT2D eigenvalue weighted by Crippen LogP contribution is 2.22. The van der Waals surface area contributed by atoms with Gasteiger partial charge in [-0.25, -0.2) is 0 Å². The van der Waals surface area contributed by atoms with Gasteiger partial charge in [0.15, 0.2) is 0 Å². The average molecular weight is 182 g/mol. The summed E-state index contributed by atoms with van der Waals surface area (Å²) in [6, 6.07) is 0.378. The molecule has 0 bridgehead atoms. The maximum absolute atomic E-state index is 5.57. The molecular formula is C9H18N4. The predicted molar refractivity (Wildman–Crippen MR) is 53.4 cm³/mol. The maximum Gasteiger partial charge on any atom is 0.0538 e. The first-order chi connectivity index (χ1) is 6.16. The van der Waals surface area contributed by atoms with E-state index >= 15 is 0 Å². The summed E-state index contributed by atoms with van der Waals surface area (Å²) in [7, 11) is 4.12. The van der Waals surface area contributed by atoms with Crippen molar-refractivity contribution in [2.45, 2.75) is 19.4 Å². The van der Waals surface area contributed by atoms with Gasteiger partial charge in [0.05, 0.1) is 6.20 Å². The molecule has 0 fully saturated rings. The van der Waals surface area contributed by atoms with Crippen LogP contribution in [0.25, 0.3) is 0 Å². The molecule has 1 aromatic rings. The van der Waals surface area contributed by atoms with Crippen LogP contribution in [0.15, 0.2) is 6.20 Å². The second kappa shape index (κ2) is 4.39. The van der Waals surface area contributed by atoms with Gasteiger partial charge < -0.3 is 10.6 Å². The Morgan fingerprint density at radius 2 is 2.31 bits per heavy atom. The summed E-state index contributed by atoms with van der Waals surface area (Å²) in [5.41, 5.74) is 7.94. The molecule has 1 rings (SSSR count). The molecule has 3 N–H and O–H groups in total. The van der Waals surface area contributed by atoms with Gasteiger partial charge in [0.2, 0.25) is 0 Å². The normalized spacial score (nSPS) is 13.6. The number of nitrogens with one attached hydrogen (secondary N) is 1. The smallest absolute Gasteiger partial charge is 0.0538 e. The number of hydrogen-bond donors (Lipinski definition) is 2. The molecule has 4 heteroatoms. The monoisotopic (exact) mass is 182 g/mol. The van der Waals surface area contributed by atoms with E-state index in [4.69, 9.17) is 5.73 Å². The van der Waals surface area contributed by atoms with Crippen LogP contribution in [0.5, 0.6) is 0 Å². The number of aryl methyl sites for hydroxylation is 1. The van der Waals surface area contributed by atoms with Gasteiger partial charge >= 0.3 is 0 Å². The van der Waals surface area contributed by atoms with Crippen LogP contribution in [0.2, 0.25) is 0 Å². The predicted octanol–water partition coefficient (Wildman–Crippen LogP) is 0.670. The van der Waals surface area contributed by atoms with Crippen molar-refractivity contribution in [2.75, 3.05) is 20.6 Å². The third kappa shape index (κ3) is 2.29. The molecule has 1 atom stereocenters. The van der Waals surface area contributed by atoms with E-state index in [2.05, 4.69) is 29.2 Å². The van der Waals surface area contributed by atoms with E-state index < -0.39 is 0 Å². The Hall–Kier alpha value is -0.870. The van der Waals surface area contributed by atoms with Crippen LogP contribution >= 0.6 is 0 Å². The van der Waals surface area contributed by atoms with E-state index in [1.807, 2.05) is 13.1 Å². The molecule has 1 unspecified atom stereocenters. The van der Waals surface area contributed by atoms with Crippen LogP contribution in [-0.4, -0.2) is 35.7 Å². The zero-order valence-corrected chi connectivity index (χ0v) is 8.54. The molecule has 0 spiro atoms. The fourth-order valence-corrected chi connectivity index (χ4v) is 1.55. The number of nitrogens with zero attached hydrogens (tertiary/aromatic N) is 2. The van der Waals surface area contributed by atoms with Crippen molar-refractivity contribution in [3.63, 3.8) is 0 Å². The minimum Gasteiger partial charge on any atom is -0.330 e. The van der Waals surface area contributed by atoms with Crippen LogP contribution in [0.3, 0.4) is 0 Å². The van der Waals surface area contributed by atoms with Crippen molar-refractivity contribution in [1.29, 1.82) is 0 Å². The van der Waals surface area contributed by atoms with E-state index in [1.54, 1.807) is 0 Å². The lowest BCUT2D eigenvalue weighted by molar-refractivity contribution is 0.286. The topological polar surface area (TPSA) is 57.9 Å². The molecular weight excluding hydrogens is 164 g/mol. The highest BCUT2D eigenvalue weighted by Gasteiger charge is 2.16. The van der Waals surface area contributed by atoms with Crippen LogP contribution < -0.4 is 5.73 Å². The van der Waals surface area contributed by atoms with Crippen molar-refractivity contribution in [2.24, 2.45) is 5.73 Å². The first kappa shape index (κ1) is 10.2. The number of rotatable bonds is 4. The summed E-state index contributed by atoms with van der Waals surface area (Å²) in [5.74, 6) is 0. The van der Waals surface area contributed by atoms with Gasteiger partial charge in [-0.1, -0.05) is 0 Å². The Labute approximate surface area is 79.1 Å². The first-order valence-corrected chi connectivity index (χ1v) is 4.53. The molecule has 0 saturated carbocycles. The molecule has 0 aliphatic carbocycles. The van der Waals surface area contributed by atoms with E-state index in [0.717, 1.165) is 12.1 Å². The first-order valence-electron chi connectivity index (χ1n) is 4.53. The van der Waals surface area contributed by atoms with Crippen LogP contribution in [0, 0.1) is 6.92 Å². The number of aromatic nitrogens is 2. The van der Waals surface area contributed by atoms with Gasteiger partial charge in [-0.05, 0) is 34.0 Å². The lowest BCUT2D eigenvalue weighted by atomic mass is 10.0. The average Bonchev–Trinajstić information content (AvgIpc) is 2.47. The van der Waals surface area contributed by atoms with Gasteiger partial charge in [-0.2, -0.15) is 5.10 Å². The summed E-state index contributed by atoms with van der Waals surface area (Å²) in [6.45, 7) is 2.74. The van der Waals surface area contributed by atoms with Crippen molar-refractivity contribution in [3.8, 4) is 0 Å². The third-order valence-corrected chi connectivity index (χ3v) is 2.29. The second-order valence-corrected chi connectivity index (χ2v) is 3.51. The second-order valence-electron chi connectivity index (χ2n) is 3.51. The minimum atomic E-state index is 0.378. The fourth-order valence-electron chi connectivity index (χ4n) is 1.55. The zero-order chi connectivity index (χ0) is 9.84. The summed E-state index contributed by atoms with van der Waals surface area (Å²) >= 11 is 0. The Bertz CT molecular complexity index is 254. The Morgan fingerprint density at radius 3 is 2.69 bits per heavy atom. The van der Waals surface area contributed by atoms with Gasteiger partial charge in [0.25, 0.3) is 0 Å². The molecule has 1 heterocycles. The van der Waals surface area contributed by atoms with E-state index in [-0.39, 0.29) is 0 Å². The van der Waals surface area contributed by atoms with E-state index in [0.29, 0.717) is 12.6 Å². The van der Waals surface area contributed by atoms with Crippen molar-refractivity contribution in [3.05, 3.63) is 17.5 Å². The van der Waals surface area contributed by atoms with Crippen LogP contribution in [0.4, 0.5) is 0 Å². The van der Waals surface area contributed by atoms with Crippen molar-refractivity contribution in [1.82, 2.24) is 15.1 Å². The Balaban J connectivity index is 2.82. The lowest BCUT2D eigenvalue weighted by Crippen LogP contribution is -2.23. The SMILES string of the molecule is Cc1[nH]ncc1C(CCN)N(C)C. The van der Waals surface area contributed by atoms with Gasteiger partial charge in [-0.3, -0.25) is 5.10 Å². The molecule has 1 aromatic heterocycles. The molecule has 0 saturated heterocycles. The molecule has 0 amide bonds. The molecule has 0 radical (unpaired) electrons. The van der Waals surface area contributed by atoms with Crippen molar-refractivity contribution < 1.29 is 0 Å². The quantitative estimate of drug-likeness (QED) is 0.719. The van der Waals surface area contributed by atoms with Gasteiger partial charge in [0, 0.05) is 17.3 Å². The van der Waals surface area contributed by atoms with Crippen molar-refractivity contribution >= 4 is 0 Å². The highest BCUT2D eigenvalue weighted by atomic mass is 15.1. The standard InChI is InChI=1S/C9H18N4/c1-7-8(6-11-12-7)9(4-5-10)13(2)3/h6,9H,4-5,10H2,1-3H3,(H,11,12). The summed E-state index contributed by atoms with van der Waals surface area (Å²) in [6.07, 6.45) is 2.85. The molecule has 13 heavy (non-hydrogen) atoms. The molecule has 74 valence electrons. The van der Waals surface area contributed by atoms with E-state index in [9.17, 15) is 0 Å². The number of hydrogen-bond acceptors (Lipinski definition) is 3. The minimum absolute atomic E-state index is 0.378. The summed E-state index contributed by atoms with van der Waals surface area (Å²) in [5, 5.41) is 6.96. The van der Waals surface area contributed by atoms with Crippen LogP contribution in [-0.2, 0) is 0 Å². The van der Waals surface area contributed by atoms with E-state index in [1.165, 1.54) is 5.56 Å². The molecule has 0 aliphatic rings. The molecule has 0 aliphatic heterocycles. The fraction of sp³-hybridized carbons (Fsp3) is 0.667. The third-order valence-electron chi connectivity index (χ3n) is 2.29. The van der Waals surface area contributed by atoms with Gasteiger partial charge in [-0.15, -0.1) is 0 Å². The highest BCUT2D eigenvalue weighted by molar-refractivity contribution is 5.19. The number of H-pyrrole nitrogens is 1. The largest absolute Gasteiger partial charge is 0.330 e. The number of aromatic amines is 1.